The van der Waals surface area contributed by atoms with Crippen LogP contribution in [0.5, 0.6) is 0 Å². The molecule has 0 saturated carbocycles. The van der Waals surface area contributed by atoms with Crippen LogP contribution in [0.4, 0.5) is 0 Å². The molecule has 1 aliphatic heterocycles. The molecule has 0 radical (unpaired) electrons. The van der Waals surface area contributed by atoms with Crippen LogP contribution in [0.3, 0.4) is 0 Å². The molecule has 5 heteroatoms. The van der Waals surface area contributed by atoms with E-state index in [0.29, 0.717) is 19.4 Å². The molecule has 1 aromatic heterocycles. The topological polar surface area (TPSA) is 57.6 Å². The van der Waals surface area contributed by atoms with Gasteiger partial charge in [0.1, 0.15) is 6.61 Å². The number of carbonyl (C=O) groups excluding carboxylic acids is 2. The van der Waals surface area contributed by atoms with Crippen molar-refractivity contribution in [1.82, 2.24) is 4.90 Å². The Morgan fingerprint density at radius 2 is 1.95 bits per heavy atom. The van der Waals surface area contributed by atoms with Crippen molar-refractivity contribution in [1.29, 1.82) is 0 Å². The molecular formula is C15H17NO3S. The van der Waals surface area contributed by atoms with Crippen molar-refractivity contribution < 1.29 is 14.7 Å². The van der Waals surface area contributed by atoms with Gasteiger partial charge in [0, 0.05) is 17.7 Å². The second-order valence-electron chi connectivity index (χ2n) is 5.62. The highest BCUT2D eigenvalue weighted by atomic mass is 32.1. The molecule has 0 bridgehead atoms. The number of hydrogen-bond donors (Lipinski definition) is 1. The first-order chi connectivity index (χ1) is 9.41. The molecule has 4 nitrogen and oxygen atoms in total. The molecule has 0 aliphatic carbocycles. The molecule has 1 N–H and O–H groups in total. The van der Waals surface area contributed by atoms with Gasteiger partial charge < -0.3 is 5.11 Å². The Morgan fingerprint density at radius 1 is 1.30 bits per heavy atom. The predicted molar refractivity (Wildman–Crippen MR) is 76.9 cm³/mol. The summed E-state index contributed by atoms with van der Waals surface area (Å²) in [5, 5.41) is 8.65. The number of piperidine rings is 1. The van der Waals surface area contributed by atoms with Gasteiger partial charge in [0.05, 0.1) is 11.4 Å². The van der Waals surface area contributed by atoms with Crippen molar-refractivity contribution >= 4 is 23.2 Å². The van der Waals surface area contributed by atoms with Crippen molar-refractivity contribution in [2.75, 3.05) is 6.61 Å². The van der Waals surface area contributed by atoms with Gasteiger partial charge in [-0.1, -0.05) is 25.7 Å². The number of hydrogen-bond acceptors (Lipinski definition) is 4. The molecule has 0 unspecified atom stereocenters. The van der Waals surface area contributed by atoms with Crippen LogP contribution in [0, 0.1) is 17.3 Å². The predicted octanol–water partition coefficient (Wildman–Crippen LogP) is 1.77. The highest BCUT2D eigenvalue weighted by molar-refractivity contribution is 7.12. The number of aliphatic hydroxyl groups excluding tert-OH is 1. The maximum atomic E-state index is 12.1. The van der Waals surface area contributed by atoms with Crippen LogP contribution in [0.15, 0.2) is 12.1 Å². The Morgan fingerprint density at radius 3 is 2.55 bits per heavy atom. The van der Waals surface area contributed by atoms with Gasteiger partial charge in [-0.3, -0.25) is 14.5 Å². The van der Waals surface area contributed by atoms with E-state index in [1.54, 1.807) is 0 Å². The minimum absolute atomic E-state index is 0.109. The third kappa shape index (κ3) is 3.47. The summed E-state index contributed by atoms with van der Waals surface area (Å²) in [6.45, 7) is 4.02. The number of aliphatic hydroxyl groups is 1. The summed E-state index contributed by atoms with van der Waals surface area (Å²) in [7, 11) is 0. The van der Waals surface area contributed by atoms with Crippen molar-refractivity contribution in [2.45, 2.75) is 33.2 Å². The largest absolute Gasteiger partial charge is 0.384 e. The molecule has 1 fully saturated rings. The van der Waals surface area contributed by atoms with Gasteiger partial charge in [0.15, 0.2) is 0 Å². The van der Waals surface area contributed by atoms with Crippen molar-refractivity contribution in [2.24, 2.45) is 5.41 Å². The van der Waals surface area contributed by atoms with E-state index >= 15 is 0 Å². The quantitative estimate of drug-likeness (QED) is 0.667. The molecule has 1 aromatic rings. The minimum Gasteiger partial charge on any atom is -0.384 e. The molecular weight excluding hydrogens is 274 g/mol. The van der Waals surface area contributed by atoms with Gasteiger partial charge in [-0.25, -0.2) is 0 Å². The van der Waals surface area contributed by atoms with Gasteiger partial charge >= 0.3 is 0 Å². The molecule has 0 atom stereocenters. The first kappa shape index (κ1) is 14.8. The summed E-state index contributed by atoms with van der Waals surface area (Å²) >= 11 is 1.44. The highest BCUT2D eigenvalue weighted by Gasteiger charge is 2.37. The smallest absolute Gasteiger partial charge is 0.230 e. The number of nitrogens with zero attached hydrogens (tertiary/aromatic N) is 1. The third-order valence-electron chi connectivity index (χ3n) is 3.13. The van der Waals surface area contributed by atoms with Gasteiger partial charge in [-0.05, 0) is 17.5 Å². The lowest BCUT2D eigenvalue weighted by atomic mass is 9.82. The van der Waals surface area contributed by atoms with Crippen molar-refractivity contribution in [3.05, 3.63) is 21.9 Å². The molecule has 20 heavy (non-hydrogen) atoms. The van der Waals surface area contributed by atoms with Crippen LogP contribution in [0.25, 0.3) is 0 Å². The summed E-state index contributed by atoms with van der Waals surface area (Å²) < 4.78 is 0. The van der Waals surface area contributed by atoms with E-state index in [2.05, 4.69) is 11.8 Å². The monoisotopic (exact) mass is 291 g/mol. The number of likely N-dealkylation sites (tertiary alicyclic amines) is 1. The highest BCUT2D eigenvalue weighted by Crippen LogP contribution is 2.32. The summed E-state index contributed by atoms with van der Waals surface area (Å²) in [6, 6.07) is 3.71. The standard InChI is InChI=1S/C15H17NO3S/c1-15(2)8-13(18)16(14(19)9-15)10-12-6-5-11(20-12)4-3-7-17/h5-6,17H,7-10H2,1-2H3. The Balaban J connectivity index is 2.08. The molecule has 2 rings (SSSR count). The number of amides is 2. The van der Waals surface area contributed by atoms with Crippen LogP contribution in [0.2, 0.25) is 0 Å². The van der Waals surface area contributed by atoms with E-state index < -0.39 is 0 Å². The van der Waals surface area contributed by atoms with Gasteiger partial charge in [-0.2, -0.15) is 0 Å². The lowest BCUT2D eigenvalue weighted by molar-refractivity contribution is -0.153. The van der Waals surface area contributed by atoms with Crippen molar-refractivity contribution in [3.63, 3.8) is 0 Å². The molecule has 1 aliphatic rings. The average Bonchev–Trinajstić information content (AvgIpc) is 2.78. The lowest BCUT2D eigenvalue weighted by Gasteiger charge is -2.34. The van der Waals surface area contributed by atoms with E-state index in [-0.39, 0.29) is 23.8 Å². The van der Waals surface area contributed by atoms with Crippen LogP contribution in [-0.2, 0) is 16.1 Å². The van der Waals surface area contributed by atoms with E-state index in [9.17, 15) is 9.59 Å². The second kappa shape index (κ2) is 5.78. The van der Waals surface area contributed by atoms with Crippen LogP contribution < -0.4 is 0 Å². The van der Waals surface area contributed by atoms with Gasteiger partial charge in [0.2, 0.25) is 11.8 Å². The first-order valence-corrected chi connectivity index (χ1v) is 7.24. The van der Waals surface area contributed by atoms with Crippen LogP contribution in [-0.4, -0.2) is 28.4 Å². The molecule has 0 aromatic carbocycles. The zero-order valence-corrected chi connectivity index (χ0v) is 12.4. The first-order valence-electron chi connectivity index (χ1n) is 6.43. The van der Waals surface area contributed by atoms with Gasteiger partial charge in [-0.15, -0.1) is 11.3 Å². The number of thiophene rings is 1. The zero-order valence-electron chi connectivity index (χ0n) is 11.6. The van der Waals surface area contributed by atoms with Gasteiger partial charge in [0.25, 0.3) is 0 Å². The van der Waals surface area contributed by atoms with Crippen molar-refractivity contribution in [3.8, 4) is 11.8 Å². The summed E-state index contributed by atoms with van der Waals surface area (Å²) in [5.41, 5.74) is -0.238. The molecule has 0 spiro atoms. The molecule has 2 amide bonds. The zero-order chi connectivity index (χ0) is 14.8. The van der Waals surface area contributed by atoms with E-state index in [4.69, 9.17) is 5.11 Å². The molecule has 106 valence electrons. The summed E-state index contributed by atoms with van der Waals surface area (Å²) in [4.78, 5) is 27.2. The fraction of sp³-hybridized carbons (Fsp3) is 0.467. The number of carbonyl (C=O) groups is 2. The molecule has 2 heterocycles. The Labute approximate surface area is 122 Å². The Kier molecular flexibility index (Phi) is 4.26. The van der Waals surface area contributed by atoms with E-state index in [1.807, 2.05) is 26.0 Å². The normalized spacial score (nSPS) is 17.9. The Bertz CT molecular complexity index is 572. The maximum Gasteiger partial charge on any atom is 0.230 e. The summed E-state index contributed by atoms with van der Waals surface area (Å²) in [5.74, 6) is 5.18. The van der Waals surface area contributed by atoms with E-state index in [1.165, 1.54) is 16.2 Å². The maximum absolute atomic E-state index is 12.1. The SMILES string of the molecule is CC1(C)CC(=O)N(Cc2ccc(C#CCO)s2)C(=O)C1. The fourth-order valence-electron chi connectivity index (χ4n) is 2.20. The average molecular weight is 291 g/mol. The fourth-order valence-corrected chi connectivity index (χ4v) is 3.07. The number of rotatable bonds is 2. The second-order valence-corrected chi connectivity index (χ2v) is 6.79. The summed E-state index contributed by atoms with van der Waals surface area (Å²) in [6.07, 6.45) is 0.808. The molecule has 1 saturated heterocycles. The minimum atomic E-state index is -0.238. The Hall–Kier alpha value is -1.64. The van der Waals surface area contributed by atoms with Crippen LogP contribution in [0.1, 0.15) is 36.4 Å². The third-order valence-corrected chi connectivity index (χ3v) is 4.11. The number of imide groups is 1. The lowest BCUT2D eigenvalue weighted by Crippen LogP contribution is -2.45. The van der Waals surface area contributed by atoms with Crippen LogP contribution >= 0.6 is 11.3 Å². The van der Waals surface area contributed by atoms with E-state index in [0.717, 1.165) is 9.75 Å².